The standard InChI is InChI=1S/C9H7BrFN3S/c10-7-2-1-6(8(11)3-7)4-12-9-5-13-14-15-9/h1-3,5,12H,4H2. The second kappa shape index (κ2) is 4.67. The minimum absolute atomic E-state index is 0.227. The van der Waals surface area contributed by atoms with E-state index in [4.69, 9.17) is 0 Å². The summed E-state index contributed by atoms with van der Waals surface area (Å²) in [6.07, 6.45) is 1.61. The predicted octanol–water partition coefficient (Wildman–Crippen LogP) is 3.05. The fourth-order valence-corrected chi connectivity index (χ4v) is 1.84. The molecule has 0 saturated carbocycles. The zero-order valence-corrected chi connectivity index (χ0v) is 9.98. The summed E-state index contributed by atoms with van der Waals surface area (Å²) in [7, 11) is 0. The van der Waals surface area contributed by atoms with Crippen LogP contribution < -0.4 is 5.32 Å². The van der Waals surface area contributed by atoms with Crippen molar-refractivity contribution in [1.82, 2.24) is 9.59 Å². The Kier molecular flexibility index (Phi) is 3.27. The Morgan fingerprint density at radius 2 is 2.33 bits per heavy atom. The molecule has 0 aliphatic heterocycles. The number of rotatable bonds is 3. The van der Waals surface area contributed by atoms with Crippen LogP contribution in [-0.2, 0) is 6.54 Å². The second-order valence-corrected chi connectivity index (χ2v) is 4.57. The Labute approximate surface area is 98.6 Å². The lowest BCUT2D eigenvalue weighted by molar-refractivity contribution is 0.612. The smallest absolute Gasteiger partial charge is 0.130 e. The van der Waals surface area contributed by atoms with E-state index in [2.05, 4.69) is 30.8 Å². The van der Waals surface area contributed by atoms with Gasteiger partial charge in [0.05, 0.1) is 6.20 Å². The van der Waals surface area contributed by atoms with Crippen LogP contribution in [-0.4, -0.2) is 9.59 Å². The summed E-state index contributed by atoms with van der Waals surface area (Å²) in [6, 6.07) is 4.99. The van der Waals surface area contributed by atoms with Crippen LogP contribution in [0.25, 0.3) is 0 Å². The first kappa shape index (κ1) is 10.5. The third-order valence-electron chi connectivity index (χ3n) is 1.83. The van der Waals surface area contributed by atoms with Crippen LogP contribution in [0.1, 0.15) is 5.56 Å². The summed E-state index contributed by atoms with van der Waals surface area (Å²) >= 11 is 4.45. The van der Waals surface area contributed by atoms with Gasteiger partial charge in [-0.3, -0.25) is 0 Å². The number of benzene rings is 1. The molecule has 0 unspecified atom stereocenters. The van der Waals surface area contributed by atoms with Crippen LogP contribution in [0.15, 0.2) is 28.9 Å². The van der Waals surface area contributed by atoms with Gasteiger partial charge in [-0.1, -0.05) is 26.5 Å². The van der Waals surface area contributed by atoms with Gasteiger partial charge >= 0.3 is 0 Å². The summed E-state index contributed by atoms with van der Waals surface area (Å²) in [6.45, 7) is 0.434. The molecule has 0 saturated heterocycles. The van der Waals surface area contributed by atoms with E-state index in [1.54, 1.807) is 12.3 Å². The molecular formula is C9H7BrFN3S. The van der Waals surface area contributed by atoms with Gasteiger partial charge in [0.25, 0.3) is 0 Å². The molecule has 0 atom stereocenters. The van der Waals surface area contributed by atoms with Crippen molar-refractivity contribution < 1.29 is 4.39 Å². The number of hydrogen-bond acceptors (Lipinski definition) is 4. The maximum Gasteiger partial charge on any atom is 0.130 e. The molecule has 3 nitrogen and oxygen atoms in total. The number of halogens is 2. The van der Waals surface area contributed by atoms with Gasteiger partial charge in [-0.15, -0.1) is 5.10 Å². The first-order valence-corrected chi connectivity index (χ1v) is 5.77. The first-order valence-electron chi connectivity index (χ1n) is 4.21. The summed E-state index contributed by atoms with van der Waals surface area (Å²) < 4.78 is 17.8. The fraction of sp³-hybridized carbons (Fsp3) is 0.111. The number of anilines is 1. The van der Waals surface area contributed by atoms with Gasteiger partial charge in [-0.05, 0) is 12.1 Å². The Bertz CT molecular complexity index is 447. The highest BCUT2D eigenvalue weighted by Crippen LogP contribution is 2.17. The Hall–Kier alpha value is -1.01. The molecule has 0 spiro atoms. The van der Waals surface area contributed by atoms with Gasteiger partial charge in [-0.25, -0.2) is 4.39 Å². The Morgan fingerprint density at radius 3 is 3.00 bits per heavy atom. The largest absolute Gasteiger partial charge is 0.370 e. The average Bonchev–Trinajstić information content (AvgIpc) is 2.69. The quantitative estimate of drug-likeness (QED) is 0.943. The maximum atomic E-state index is 13.4. The first-order chi connectivity index (χ1) is 7.25. The van der Waals surface area contributed by atoms with Gasteiger partial charge in [-0.2, -0.15) is 0 Å². The number of nitrogens with zero attached hydrogens (tertiary/aromatic N) is 2. The highest BCUT2D eigenvalue weighted by atomic mass is 79.9. The van der Waals surface area contributed by atoms with Gasteiger partial charge in [0.1, 0.15) is 10.8 Å². The zero-order chi connectivity index (χ0) is 10.7. The lowest BCUT2D eigenvalue weighted by Gasteiger charge is -2.04. The van der Waals surface area contributed by atoms with E-state index in [9.17, 15) is 4.39 Å². The summed E-state index contributed by atoms with van der Waals surface area (Å²) in [4.78, 5) is 0. The Balaban J connectivity index is 2.05. The van der Waals surface area contributed by atoms with Gasteiger partial charge in [0.2, 0.25) is 0 Å². The topological polar surface area (TPSA) is 37.8 Å². The monoisotopic (exact) mass is 287 g/mol. The van der Waals surface area contributed by atoms with Crippen molar-refractivity contribution in [3.63, 3.8) is 0 Å². The van der Waals surface area contributed by atoms with Crippen molar-refractivity contribution in [1.29, 1.82) is 0 Å². The van der Waals surface area contributed by atoms with Gasteiger partial charge < -0.3 is 5.32 Å². The van der Waals surface area contributed by atoms with Crippen molar-refractivity contribution in [2.24, 2.45) is 0 Å². The number of aromatic nitrogens is 2. The van der Waals surface area contributed by atoms with E-state index in [1.165, 1.54) is 17.6 Å². The van der Waals surface area contributed by atoms with E-state index in [1.807, 2.05) is 6.07 Å². The molecule has 0 aliphatic rings. The number of hydrogen-bond donors (Lipinski definition) is 1. The molecular weight excluding hydrogens is 281 g/mol. The van der Waals surface area contributed by atoms with Crippen LogP contribution in [0.4, 0.5) is 9.39 Å². The minimum Gasteiger partial charge on any atom is -0.370 e. The SMILES string of the molecule is Fc1cc(Br)ccc1CNc1cnns1. The molecule has 1 heterocycles. The van der Waals surface area contributed by atoms with Crippen LogP contribution in [0.5, 0.6) is 0 Å². The summed E-state index contributed by atoms with van der Waals surface area (Å²) in [5.41, 5.74) is 0.617. The molecule has 15 heavy (non-hydrogen) atoms. The predicted molar refractivity (Wildman–Crippen MR) is 61.3 cm³/mol. The molecule has 1 aromatic heterocycles. The maximum absolute atomic E-state index is 13.4. The summed E-state index contributed by atoms with van der Waals surface area (Å²) in [5.74, 6) is -0.227. The van der Waals surface area contributed by atoms with E-state index in [0.29, 0.717) is 12.1 Å². The molecule has 2 aromatic rings. The van der Waals surface area contributed by atoms with E-state index in [0.717, 1.165) is 9.47 Å². The van der Waals surface area contributed by atoms with Gasteiger partial charge in [0.15, 0.2) is 0 Å². The highest BCUT2D eigenvalue weighted by Gasteiger charge is 2.03. The molecule has 1 aromatic carbocycles. The van der Waals surface area contributed by atoms with Crippen LogP contribution in [0, 0.1) is 5.82 Å². The second-order valence-electron chi connectivity index (χ2n) is 2.87. The molecule has 0 radical (unpaired) electrons. The van der Waals surface area contributed by atoms with Crippen molar-refractivity contribution in [2.75, 3.05) is 5.32 Å². The van der Waals surface area contributed by atoms with Crippen LogP contribution >= 0.6 is 27.5 Å². The molecule has 0 fully saturated rings. The molecule has 1 N–H and O–H groups in total. The van der Waals surface area contributed by atoms with E-state index >= 15 is 0 Å². The summed E-state index contributed by atoms with van der Waals surface area (Å²) in [5, 5.41) is 7.55. The highest BCUT2D eigenvalue weighted by molar-refractivity contribution is 9.10. The lowest BCUT2D eigenvalue weighted by atomic mass is 10.2. The normalized spacial score (nSPS) is 10.3. The van der Waals surface area contributed by atoms with Crippen molar-refractivity contribution in [3.8, 4) is 0 Å². The van der Waals surface area contributed by atoms with Crippen molar-refractivity contribution in [3.05, 3.63) is 40.2 Å². The number of nitrogens with one attached hydrogen (secondary N) is 1. The zero-order valence-electron chi connectivity index (χ0n) is 7.58. The molecule has 0 amide bonds. The van der Waals surface area contributed by atoms with Gasteiger partial charge in [0, 0.05) is 28.1 Å². The molecule has 2 rings (SSSR count). The third kappa shape index (κ3) is 2.73. The fourth-order valence-electron chi connectivity index (χ4n) is 1.09. The lowest BCUT2D eigenvalue weighted by Crippen LogP contribution is -2.00. The molecule has 78 valence electrons. The minimum atomic E-state index is -0.227. The third-order valence-corrected chi connectivity index (χ3v) is 2.95. The van der Waals surface area contributed by atoms with E-state index in [-0.39, 0.29) is 5.82 Å². The average molecular weight is 288 g/mol. The Morgan fingerprint density at radius 1 is 1.47 bits per heavy atom. The molecule has 0 aliphatic carbocycles. The van der Waals surface area contributed by atoms with Crippen molar-refractivity contribution >= 4 is 32.5 Å². The van der Waals surface area contributed by atoms with Crippen LogP contribution in [0.3, 0.4) is 0 Å². The molecule has 6 heteroatoms. The molecule has 0 bridgehead atoms. The van der Waals surface area contributed by atoms with Crippen molar-refractivity contribution in [2.45, 2.75) is 6.54 Å². The van der Waals surface area contributed by atoms with E-state index < -0.39 is 0 Å². The van der Waals surface area contributed by atoms with Crippen LogP contribution in [0.2, 0.25) is 0 Å².